The van der Waals surface area contributed by atoms with Gasteiger partial charge in [-0.05, 0) is 59.5 Å². The van der Waals surface area contributed by atoms with Crippen molar-refractivity contribution in [3.63, 3.8) is 0 Å². The average molecular weight is 387 g/mol. The second-order valence-electron chi connectivity index (χ2n) is 6.87. The van der Waals surface area contributed by atoms with Crippen molar-refractivity contribution >= 4 is 16.2 Å². The lowest BCUT2D eigenvalue weighted by Gasteiger charge is -2.30. The molecule has 1 amide bonds. The molecule has 1 rings (SSSR count). The molecule has 1 fully saturated rings. The summed E-state index contributed by atoms with van der Waals surface area (Å²) in [5, 5.41) is 2.71. The summed E-state index contributed by atoms with van der Waals surface area (Å²) in [6.07, 6.45) is 2.43. The van der Waals surface area contributed by atoms with Crippen LogP contribution >= 0.6 is 0 Å². The van der Waals surface area contributed by atoms with Gasteiger partial charge in [0.2, 0.25) is 0 Å². The molecule has 0 aromatic rings. The van der Waals surface area contributed by atoms with Crippen molar-refractivity contribution in [1.82, 2.24) is 5.32 Å². The largest absolute Gasteiger partial charge is 0.534 e. The molecule has 0 saturated heterocycles. The van der Waals surface area contributed by atoms with E-state index in [1.165, 1.54) is 13.0 Å². The number of allylic oxidation sites excluding steroid dienone is 2. The predicted octanol–water partition coefficient (Wildman–Crippen LogP) is 3.84. The highest BCUT2D eigenvalue weighted by Gasteiger charge is 2.49. The van der Waals surface area contributed by atoms with Crippen LogP contribution < -0.4 is 5.32 Å². The minimum absolute atomic E-state index is 0.177. The smallest absolute Gasteiger partial charge is 0.444 e. The molecule has 1 saturated carbocycles. The molecule has 0 atom stereocenters. The fourth-order valence-electron chi connectivity index (χ4n) is 2.52. The minimum Gasteiger partial charge on any atom is -0.444 e. The lowest BCUT2D eigenvalue weighted by Crippen LogP contribution is -2.41. The van der Waals surface area contributed by atoms with Crippen molar-refractivity contribution in [3.8, 4) is 0 Å². The highest BCUT2D eigenvalue weighted by molar-refractivity contribution is 7.87. The standard InChI is InChI=1S/C15H24F3NO5S/c1-5-12(24-25(21,22)15(16,17)18)10-6-8-11(9-7-10)19-13(20)23-14(2,3)4/h5,10-11H,6-9H2,1-4H3,(H,19,20)/b12-5-. The van der Waals surface area contributed by atoms with E-state index in [-0.39, 0.29) is 11.8 Å². The lowest BCUT2D eigenvalue weighted by molar-refractivity contribution is -0.0528. The van der Waals surface area contributed by atoms with Gasteiger partial charge in [0.1, 0.15) is 11.4 Å². The molecule has 146 valence electrons. The fourth-order valence-corrected chi connectivity index (χ4v) is 3.10. The number of rotatable bonds is 4. The van der Waals surface area contributed by atoms with Crippen LogP contribution in [0.2, 0.25) is 0 Å². The first-order chi connectivity index (χ1) is 11.2. The lowest BCUT2D eigenvalue weighted by atomic mass is 9.85. The van der Waals surface area contributed by atoms with Crippen LogP contribution in [0.5, 0.6) is 0 Å². The highest BCUT2D eigenvalue weighted by Crippen LogP contribution is 2.34. The first kappa shape index (κ1) is 21.6. The van der Waals surface area contributed by atoms with Gasteiger partial charge in [-0.1, -0.05) is 0 Å². The second-order valence-corrected chi connectivity index (χ2v) is 8.41. The van der Waals surface area contributed by atoms with Gasteiger partial charge in [0.25, 0.3) is 0 Å². The summed E-state index contributed by atoms with van der Waals surface area (Å²) in [6, 6.07) is -0.177. The van der Waals surface area contributed by atoms with E-state index < -0.39 is 33.2 Å². The number of nitrogens with one attached hydrogen (secondary N) is 1. The van der Waals surface area contributed by atoms with Crippen LogP contribution in [0.15, 0.2) is 11.8 Å². The van der Waals surface area contributed by atoms with E-state index in [2.05, 4.69) is 9.50 Å². The van der Waals surface area contributed by atoms with Crippen LogP contribution in [0.4, 0.5) is 18.0 Å². The van der Waals surface area contributed by atoms with Crippen molar-refractivity contribution in [2.75, 3.05) is 0 Å². The number of alkyl carbamates (subject to hydrolysis) is 1. The molecule has 1 aliphatic carbocycles. The first-order valence-corrected chi connectivity index (χ1v) is 9.32. The maximum absolute atomic E-state index is 12.4. The topological polar surface area (TPSA) is 81.7 Å². The van der Waals surface area contributed by atoms with Crippen molar-refractivity contribution in [2.24, 2.45) is 5.92 Å². The molecule has 0 aromatic carbocycles. The zero-order chi connectivity index (χ0) is 19.5. The summed E-state index contributed by atoms with van der Waals surface area (Å²) < 4.78 is 69.0. The third-order valence-corrected chi connectivity index (χ3v) is 4.60. The number of carbonyl (C=O) groups is 1. The third kappa shape index (κ3) is 6.75. The number of ether oxygens (including phenoxy) is 1. The highest BCUT2D eigenvalue weighted by atomic mass is 32.2. The van der Waals surface area contributed by atoms with E-state index in [1.807, 2.05) is 0 Å². The molecule has 0 unspecified atom stereocenters. The van der Waals surface area contributed by atoms with Crippen molar-refractivity contribution in [1.29, 1.82) is 0 Å². The van der Waals surface area contributed by atoms with Crippen LogP contribution in [0, 0.1) is 5.92 Å². The Kier molecular flexibility index (Phi) is 6.77. The number of hydrogen-bond acceptors (Lipinski definition) is 5. The SMILES string of the molecule is C/C=C(\OS(=O)(=O)C(F)(F)F)C1CCC(NC(=O)OC(C)(C)C)CC1. The normalized spacial score (nSPS) is 23.1. The monoisotopic (exact) mass is 387 g/mol. The van der Waals surface area contributed by atoms with Crippen LogP contribution in [0.3, 0.4) is 0 Å². The summed E-state index contributed by atoms with van der Waals surface area (Å²) in [5.41, 5.74) is -6.09. The Balaban J connectivity index is 2.59. The maximum Gasteiger partial charge on any atom is 0.534 e. The van der Waals surface area contributed by atoms with E-state index in [0.29, 0.717) is 25.7 Å². The number of hydrogen-bond donors (Lipinski definition) is 1. The van der Waals surface area contributed by atoms with Crippen LogP contribution in [-0.2, 0) is 19.0 Å². The van der Waals surface area contributed by atoms with E-state index in [1.54, 1.807) is 20.8 Å². The molecule has 6 nitrogen and oxygen atoms in total. The van der Waals surface area contributed by atoms with Crippen LogP contribution in [-0.4, -0.2) is 31.7 Å². The van der Waals surface area contributed by atoms with Crippen molar-refractivity contribution in [3.05, 3.63) is 11.8 Å². The second kappa shape index (κ2) is 7.84. The fraction of sp³-hybridized carbons (Fsp3) is 0.800. The van der Waals surface area contributed by atoms with Crippen LogP contribution in [0.25, 0.3) is 0 Å². The van der Waals surface area contributed by atoms with Gasteiger partial charge in [0.15, 0.2) is 0 Å². The van der Waals surface area contributed by atoms with E-state index in [9.17, 15) is 26.4 Å². The number of alkyl halides is 3. The molecule has 25 heavy (non-hydrogen) atoms. The van der Waals surface area contributed by atoms with Crippen molar-refractivity contribution in [2.45, 2.75) is 70.5 Å². The zero-order valence-corrected chi connectivity index (χ0v) is 15.5. The Labute approximate surface area is 145 Å². The van der Waals surface area contributed by atoms with Gasteiger partial charge in [-0.25, -0.2) is 4.79 Å². The zero-order valence-electron chi connectivity index (χ0n) is 14.6. The van der Waals surface area contributed by atoms with E-state index >= 15 is 0 Å². The number of carbonyl (C=O) groups excluding carboxylic acids is 1. The van der Waals surface area contributed by atoms with Crippen LogP contribution in [0.1, 0.15) is 53.4 Å². The third-order valence-electron chi connectivity index (χ3n) is 3.62. The Morgan fingerprint density at radius 2 is 1.64 bits per heavy atom. The van der Waals surface area contributed by atoms with E-state index in [0.717, 1.165) is 0 Å². The molecule has 0 bridgehead atoms. The van der Waals surface area contributed by atoms with Gasteiger partial charge in [-0.3, -0.25) is 0 Å². The summed E-state index contributed by atoms with van der Waals surface area (Å²) in [5.74, 6) is -0.660. The summed E-state index contributed by atoms with van der Waals surface area (Å²) in [6.45, 7) is 6.63. The number of amides is 1. The molecule has 0 aliphatic heterocycles. The van der Waals surface area contributed by atoms with Crippen molar-refractivity contribution < 1.29 is 35.3 Å². The summed E-state index contributed by atoms with van der Waals surface area (Å²) >= 11 is 0. The van der Waals surface area contributed by atoms with E-state index in [4.69, 9.17) is 4.74 Å². The molecular formula is C15H24F3NO5S. The van der Waals surface area contributed by atoms with Gasteiger partial charge in [0.05, 0.1) is 0 Å². The molecule has 1 aliphatic rings. The quantitative estimate of drug-likeness (QED) is 0.450. The Morgan fingerprint density at radius 3 is 2.04 bits per heavy atom. The molecular weight excluding hydrogens is 363 g/mol. The van der Waals surface area contributed by atoms with Gasteiger partial charge in [0, 0.05) is 12.0 Å². The molecule has 10 heteroatoms. The molecule has 1 N–H and O–H groups in total. The van der Waals surface area contributed by atoms with Gasteiger partial charge in [-0.15, -0.1) is 0 Å². The Morgan fingerprint density at radius 1 is 1.12 bits per heavy atom. The summed E-state index contributed by atoms with van der Waals surface area (Å²) in [4.78, 5) is 11.7. The Bertz CT molecular complexity index is 600. The molecule has 0 aromatic heterocycles. The average Bonchev–Trinajstić information content (AvgIpc) is 2.42. The van der Waals surface area contributed by atoms with Gasteiger partial charge >= 0.3 is 21.7 Å². The first-order valence-electron chi connectivity index (χ1n) is 7.91. The van der Waals surface area contributed by atoms with Gasteiger partial charge in [-0.2, -0.15) is 21.6 Å². The minimum atomic E-state index is -5.67. The maximum atomic E-state index is 12.4. The summed E-state index contributed by atoms with van der Waals surface area (Å²) in [7, 11) is -5.67. The Hall–Kier alpha value is -1.45. The molecule has 0 heterocycles. The molecule has 0 spiro atoms. The number of halogens is 3. The predicted molar refractivity (Wildman–Crippen MR) is 84.9 cm³/mol. The molecule has 0 radical (unpaired) electrons. The van der Waals surface area contributed by atoms with Gasteiger partial charge < -0.3 is 14.2 Å².